The maximum Gasteiger partial charge on any atom is 0.372 e. The summed E-state index contributed by atoms with van der Waals surface area (Å²) in [4.78, 5) is 41.3. The molecule has 0 fully saturated rings. The molecule has 0 aromatic carbocycles. The maximum atomic E-state index is 11.4. The normalized spacial score (nSPS) is 10.8. The Hall–Kier alpha value is -2.38. The number of rotatable bonds is 2. The molecule has 8 heteroatoms. The smallest absolute Gasteiger partial charge is 0.372 e. The monoisotopic (exact) mass is 224 g/mol. The van der Waals surface area contributed by atoms with Crippen molar-refractivity contribution in [3.63, 3.8) is 0 Å². The van der Waals surface area contributed by atoms with Crippen LogP contribution < -0.4 is 11.2 Å². The number of imidazole rings is 1. The Morgan fingerprint density at radius 1 is 1.44 bits per heavy atom. The molecule has 2 aromatic rings. The van der Waals surface area contributed by atoms with Crippen LogP contribution >= 0.6 is 0 Å². The van der Waals surface area contributed by atoms with Crippen LogP contribution in [0.4, 0.5) is 0 Å². The van der Waals surface area contributed by atoms with Gasteiger partial charge in [-0.2, -0.15) is 0 Å². The third-order valence-corrected chi connectivity index (χ3v) is 2.15. The first-order valence-corrected chi connectivity index (χ1v) is 4.50. The number of hydrogen-bond donors (Lipinski definition) is 3. The highest BCUT2D eigenvalue weighted by molar-refractivity contribution is 5.88. The zero-order chi connectivity index (χ0) is 11.9. The van der Waals surface area contributed by atoms with Gasteiger partial charge in [0.1, 0.15) is 5.65 Å². The van der Waals surface area contributed by atoms with E-state index in [-0.39, 0.29) is 23.5 Å². The second-order valence-corrected chi connectivity index (χ2v) is 3.09. The number of nitrogens with zero attached hydrogens (tertiary/aromatic N) is 2. The number of aromatic carboxylic acids is 1. The van der Waals surface area contributed by atoms with E-state index in [2.05, 4.69) is 9.97 Å². The average molecular weight is 224 g/mol. The number of carbonyl (C=O) groups is 1. The predicted octanol–water partition coefficient (Wildman–Crippen LogP) is -0.869. The van der Waals surface area contributed by atoms with E-state index in [0.717, 1.165) is 0 Å². The molecule has 2 heterocycles. The van der Waals surface area contributed by atoms with Crippen LogP contribution in [0.2, 0.25) is 0 Å². The zero-order valence-electron chi connectivity index (χ0n) is 8.27. The molecule has 2 rings (SSSR count). The number of hydrogen-bond acceptors (Lipinski definition) is 4. The number of nitrogens with one attached hydrogen (secondary N) is 2. The topological polar surface area (TPSA) is 121 Å². The molecule has 0 spiro atoms. The van der Waals surface area contributed by atoms with Gasteiger partial charge < -0.3 is 9.67 Å². The van der Waals surface area contributed by atoms with Gasteiger partial charge >= 0.3 is 11.7 Å². The summed E-state index contributed by atoms with van der Waals surface area (Å²) < 4.78 is 1.26. The van der Waals surface area contributed by atoms with E-state index in [9.17, 15) is 14.4 Å². The predicted molar refractivity (Wildman–Crippen MR) is 53.6 cm³/mol. The molecule has 0 radical (unpaired) electrons. The average Bonchev–Trinajstić information content (AvgIpc) is 2.56. The Labute approximate surface area is 87.6 Å². The van der Waals surface area contributed by atoms with Gasteiger partial charge in [-0.05, 0) is 6.92 Å². The van der Waals surface area contributed by atoms with Crippen molar-refractivity contribution in [2.75, 3.05) is 0 Å². The van der Waals surface area contributed by atoms with E-state index < -0.39 is 17.2 Å². The third-order valence-electron chi connectivity index (χ3n) is 2.15. The molecule has 0 amide bonds. The summed E-state index contributed by atoms with van der Waals surface area (Å²) in [6, 6.07) is 0. The number of aryl methyl sites for hydroxylation is 1. The Balaban J connectivity index is 2.99. The van der Waals surface area contributed by atoms with Crippen LogP contribution in [0.3, 0.4) is 0 Å². The number of aromatic nitrogens is 4. The summed E-state index contributed by atoms with van der Waals surface area (Å²) in [6.07, 6.45) is 0. The SMILES string of the molecule is CCn1c(C(=O)O)nc2c(=O)[nH]c(=O)[nH]c21. The van der Waals surface area contributed by atoms with Gasteiger partial charge in [0.25, 0.3) is 5.56 Å². The highest BCUT2D eigenvalue weighted by atomic mass is 16.4. The Morgan fingerprint density at radius 2 is 2.12 bits per heavy atom. The fourth-order valence-corrected chi connectivity index (χ4v) is 1.51. The van der Waals surface area contributed by atoms with Crippen LogP contribution in [-0.4, -0.2) is 30.6 Å². The zero-order valence-corrected chi connectivity index (χ0v) is 8.27. The number of aromatic amines is 2. The minimum atomic E-state index is -1.25. The Kier molecular flexibility index (Phi) is 2.11. The molecule has 16 heavy (non-hydrogen) atoms. The largest absolute Gasteiger partial charge is 0.475 e. The summed E-state index contributed by atoms with van der Waals surface area (Å²) in [5.41, 5.74) is -1.36. The number of fused-ring (bicyclic) bond motifs is 1. The number of carboxylic acid groups (broad SMARTS) is 1. The van der Waals surface area contributed by atoms with Crippen molar-refractivity contribution in [2.45, 2.75) is 13.5 Å². The molecule has 0 saturated carbocycles. The van der Waals surface area contributed by atoms with Crippen LogP contribution in [0.15, 0.2) is 9.59 Å². The highest BCUT2D eigenvalue weighted by Gasteiger charge is 2.18. The lowest BCUT2D eigenvalue weighted by Crippen LogP contribution is -2.22. The molecule has 84 valence electrons. The van der Waals surface area contributed by atoms with Gasteiger partial charge in [-0.15, -0.1) is 0 Å². The molecule has 0 aliphatic heterocycles. The first-order valence-electron chi connectivity index (χ1n) is 4.50. The van der Waals surface area contributed by atoms with Crippen LogP contribution in [0.5, 0.6) is 0 Å². The quantitative estimate of drug-likeness (QED) is 0.612. The van der Waals surface area contributed by atoms with Crippen molar-refractivity contribution in [2.24, 2.45) is 0 Å². The molecule has 0 saturated heterocycles. The van der Waals surface area contributed by atoms with Crippen molar-refractivity contribution >= 4 is 17.1 Å². The molecule has 0 bridgehead atoms. The van der Waals surface area contributed by atoms with Gasteiger partial charge in [-0.3, -0.25) is 14.8 Å². The van der Waals surface area contributed by atoms with Crippen LogP contribution in [0, 0.1) is 0 Å². The number of H-pyrrole nitrogens is 2. The fraction of sp³-hybridized carbons (Fsp3) is 0.250. The first kappa shape index (κ1) is 10.1. The molecule has 0 aliphatic carbocycles. The number of carboxylic acids is 1. The van der Waals surface area contributed by atoms with Gasteiger partial charge in [0, 0.05) is 6.54 Å². The first-order chi connectivity index (χ1) is 7.54. The van der Waals surface area contributed by atoms with Gasteiger partial charge in [0.2, 0.25) is 5.82 Å². The lowest BCUT2D eigenvalue weighted by Gasteiger charge is -2.00. The minimum Gasteiger partial charge on any atom is -0.475 e. The molecule has 0 unspecified atom stereocenters. The maximum absolute atomic E-state index is 11.4. The lowest BCUT2D eigenvalue weighted by atomic mass is 10.5. The Bertz CT molecular complexity index is 677. The standard InChI is InChI=1S/C8H8N4O4/c1-2-12-4-3(9-5(12)7(14)15)6(13)11-8(16)10-4/h2H2,1H3,(H,14,15)(H2,10,11,13,16). The van der Waals surface area contributed by atoms with Crippen molar-refractivity contribution in [3.05, 3.63) is 26.7 Å². The van der Waals surface area contributed by atoms with E-state index in [1.54, 1.807) is 6.92 Å². The minimum absolute atomic E-state index is 0.0844. The van der Waals surface area contributed by atoms with Gasteiger partial charge in [-0.25, -0.2) is 14.6 Å². The lowest BCUT2D eigenvalue weighted by molar-refractivity contribution is 0.0679. The summed E-state index contributed by atoms with van der Waals surface area (Å²) in [7, 11) is 0. The molecule has 0 aliphatic rings. The summed E-state index contributed by atoms with van der Waals surface area (Å²) >= 11 is 0. The molecule has 3 N–H and O–H groups in total. The van der Waals surface area contributed by atoms with E-state index in [1.807, 2.05) is 4.98 Å². The van der Waals surface area contributed by atoms with Gasteiger partial charge in [0.05, 0.1) is 0 Å². The molecular formula is C8H8N4O4. The van der Waals surface area contributed by atoms with Gasteiger partial charge in [-0.1, -0.05) is 0 Å². The summed E-state index contributed by atoms with van der Waals surface area (Å²) in [6.45, 7) is 1.98. The van der Waals surface area contributed by atoms with Crippen LogP contribution in [-0.2, 0) is 6.54 Å². The van der Waals surface area contributed by atoms with E-state index >= 15 is 0 Å². The van der Waals surface area contributed by atoms with Crippen LogP contribution in [0.1, 0.15) is 17.5 Å². The molecular weight excluding hydrogens is 216 g/mol. The summed E-state index contributed by atoms with van der Waals surface area (Å²) in [5.74, 6) is -1.52. The second-order valence-electron chi connectivity index (χ2n) is 3.09. The van der Waals surface area contributed by atoms with Crippen LogP contribution in [0.25, 0.3) is 11.2 Å². The highest BCUT2D eigenvalue weighted by Crippen LogP contribution is 2.08. The third kappa shape index (κ3) is 1.31. The molecule has 8 nitrogen and oxygen atoms in total. The van der Waals surface area contributed by atoms with Crippen molar-refractivity contribution in [1.29, 1.82) is 0 Å². The van der Waals surface area contributed by atoms with Gasteiger partial charge in [0.15, 0.2) is 5.52 Å². The molecule has 2 aromatic heterocycles. The van der Waals surface area contributed by atoms with Crippen molar-refractivity contribution in [3.8, 4) is 0 Å². The van der Waals surface area contributed by atoms with Crippen molar-refractivity contribution < 1.29 is 9.90 Å². The van der Waals surface area contributed by atoms with E-state index in [4.69, 9.17) is 5.11 Å². The molecule has 0 atom stereocenters. The second kappa shape index (κ2) is 3.33. The Morgan fingerprint density at radius 3 is 2.69 bits per heavy atom. The van der Waals surface area contributed by atoms with E-state index in [1.165, 1.54) is 4.57 Å². The van der Waals surface area contributed by atoms with E-state index in [0.29, 0.717) is 0 Å². The van der Waals surface area contributed by atoms with Crippen molar-refractivity contribution in [1.82, 2.24) is 19.5 Å². The fourth-order valence-electron chi connectivity index (χ4n) is 1.51. The summed E-state index contributed by atoms with van der Waals surface area (Å²) in [5, 5.41) is 8.87.